The number of nitrogens with zero attached hydrogens (tertiary/aromatic N) is 3. The lowest BCUT2D eigenvalue weighted by Gasteiger charge is -2.35. The number of carbonyl (C=O) groups is 1. The Morgan fingerprint density at radius 1 is 1.29 bits per heavy atom. The molecule has 8 nitrogen and oxygen atoms in total. The molecule has 0 spiro atoms. The maximum Gasteiger partial charge on any atom is 0.273 e. The molecule has 1 aromatic carbocycles. The zero-order valence-corrected chi connectivity index (χ0v) is 15.0. The Bertz CT molecular complexity index is 873. The normalized spacial score (nSPS) is 21.2. The molecule has 1 heterocycles. The number of nitrogens with one attached hydrogen (secondary N) is 2. The van der Waals surface area contributed by atoms with Gasteiger partial charge in [0.15, 0.2) is 11.5 Å². The van der Waals surface area contributed by atoms with Crippen molar-refractivity contribution in [2.45, 2.75) is 44.2 Å². The second-order valence-electron chi connectivity index (χ2n) is 6.77. The average molecular weight is 395 g/mol. The minimum absolute atomic E-state index is 0.0776. The SMILES string of the molecule is Cc1cc(F)cc(Nc2nc(N[C@@H]3CCCC(F)(F)[C@@H]3N)nnc2C(N)=O)c1. The Morgan fingerprint density at radius 2 is 2.04 bits per heavy atom. The summed E-state index contributed by atoms with van der Waals surface area (Å²) in [6, 6.07) is 1.97. The lowest BCUT2D eigenvalue weighted by Crippen LogP contribution is -2.55. The first-order valence-corrected chi connectivity index (χ1v) is 8.64. The highest BCUT2D eigenvalue weighted by molar-refractivity contribution is 5.96. The molecule has 0 saturated heterocycles. The highest BCUT2D eigenvalue weighted by Crippen LogP contribution is 2.33. The summed E-state index contributed by atoms with van der Waals surface area (Å²) in [5.41, 5.74) is 11.6. The molecule has 3 rings (SSSR count). The molecule has 1 aliphatic rings. The van der Waals surface area contributed by atoms with Crippen molar-refractivity contribution in [2.24, 2.45) is 11.5 Å². The Labute approximate surface area is 158 Å². The van der Waals surface area contributed by atoms with Gasteiger partial charge in [0, 0.05) is 12.1 Å². The summed E-state index contributed by atoms with van der Waals surface area (Å²) in [5.74, 6) is -4.57. The second-order valence-corrected chi connectivity index (χ2v) is 6.77. The molecule has 1 aliphatic carbocycles. The number of nitrogens with two attached hydrogens (primary N) is 2. The molecule has 0 radical (unpaired) electrons. The standard InChI is InChI=1S/C17H20F3N7O/c1-8-5-9(18)7-10(6-8)23-15-12(14(22)28)26-27-16(25-15)24-11-3-2-4-17(19,20)13(11)21/h5-7,11,13H,2-4,21H2,1H3,(H2,22,28)(H2,23,24,25,27)/t11-,13-/m1/s1. The first-order chi connectivity index (χ1) is 13.2. The van der Waals surface area contributed by atoms with Gasteiger partial charge in [-0.15, -0.1) is 10.2 Å². The van der Waals surface area contributed by atoms with E-state index in [1.165, 1.54) is 12.1 Å². The summed E-state index contributed by atoms with van der Waals surface area (Å²) >= 11 is 0. The lowest BCUT2D eigenvalue weighted by molar-refractivity contribution is -0.0555. The number of hydrogen-bond donors (Lipinski definition) is 4. The maximum atomic E-state index is 13.8. The largest absolute Gasteiger partial charge is 0.364 e. The van der Waals surface area contributed by atoms with Gasteiger partial charge in [0.2, 0.25) is 5.95 Å². The zero-order valence-electron chi connectivity index (χ0n) is 15.0. The molecule has 2 aromatic rings. The number of hydrogen-bond acceptors (Lipinski definition) is 7. The van der Waals surface area contributed by atoms with Gasteiger partial charge in [-0.2, -0.15) is 4.98 Å². The maximum absolute atomic E-state index is 13.8. The smallest absolute Gasteiger partial charge is 0.273 e. The van der Waals surface area contributed by atoms with Crippen molar-refractivity contribution < 1.29 is 18.0 Å². The van der Waals surface area contributed by atoms with E-state index in [0.717, 1.165) is 0 Å². The van der Waals surface area contributed by atoms with Gasteiger partial charge in [-0.1, -0.05) is 0 Å². The van der Waals surface area contributed by atoms with Crippen LogP contribution in [0, 0.1) is 12.7 Å². The van der Waals surface area contributed by atoms with Gasteiger partial charge >= 0.3 is 0 Å². The highest BCUT2D eigenvalue weighted by atomic mass is 19.3. The average Bonchev–Trinajstić information content (AvgIpc) is 2.58. The Hall–Kier alpha value is -2.95. The van der Waals surface area contributed by atoms with Crippen LogP contribution in [-0.4, -0.2) is 39.1 Å². The summed E-state index contributed by atoms with van der Waals surface area (Å²) in [4.78, 5) is 15.7. The van der Waals surface area contributed by atoms with Gasteiger partial charge in [0.1, 0.15) is 5.82 Å². The van der Waals surface area contributed by atoms with Crippen LogP contribution in [0.25, 0.3) is 0 Å². The van der Waals surface area contributed by atoms with E-state index in [2.05, 4.69) is 25.8 Å². The predicted molar refractivity (Wildman–Crippen MR) is 96.9 cm³/mol. The van der Waals surface area contributed by atoms with Crippen molar-refractivity contribution in [3.63, 3.8) is 0 Å². The third-order valence-corrected chi connectivity index (χ3v) is 4.49. The van der Waals surface area contributed by atoms with Crippen LogP contribution >= 0.6 is 0 Å². The minimum atomic E-state index is -3.00. The Balaban J connectivity index is 1.88. The van der Waals surface area contributed by atoms with Crippen LogP contribution in [0.5, 0.6) is 0 Å². The summed E-state index contributed by atoms with van der Waals surface area (Å²) in [5, 5.41) is 13.0. The van der Waals surface area contributed by atoms with E-state index < -0.39 is 29.7 Å². The summed E-state index contributed by atoms with van der Waals surface area (Å²) in [7, 11) is 0. The second kappa shape index (κ2) is 7.58. The quantitative estimate of drug-likeness (QED) is 0.609. The van der Waals surface area contributed by atoms with E-state index in [4.69, 9.17) is 11.5 Å². The number of aryl methyl sites for hydroxylation is 1. The fraction of sp³-hybridized carbons (Fsp3) is 0.412. The molecular weight excluding hydrogens is 375 g/mol. The lowest BCUT2D eigenvalue weighted by atomic mass is 9.87. The van der Waals surface area contributed by atoms with Crippen molar-refractivity contribution in [3.05, 3.63) is 35.3 Å². The molecule has 2 atom stereocenters. The first kappa shape index (κ1) is 19.8. The molecule has 0 aliphatic heterocycles. The van der Waals surface area contributed by atoms with Crippen LogP contribution in [0.3, 0.4) is 0 Å². The van der Waals surface area contributed by atoms with Gasteiger partial charge in [0.05, 0.1) is 12.1 Å². The van der Waals surface area contributed by atoms with Gasteiger partial charge in [-0.25, -0.2) is 13.2 Å². The fourth-order valence-corrected chi connectivity index (χ4v) is 3.11. The van der Waals surface area contributed by atoms with Crippen molar-refractivity contribution >= 4 is 23.4 Å². The summed E-state index contributed by atoms with van der Waals surface area (Å²) in [6.45, 7) is 1.69. The molecule has 1 fully saturated rings. The van der Waals surface area contributed by atoms with Gasteiger partial charge in [0.25, 0.3) is 11.8 Å². The number of anilines is 3. The van der Waals surface area contributed by atoms with Crippen molar-refractivity contribution in [3.8, 4) is 0 Å². The Morgan fingerprint density at radius 3 is 2.71 bits per heavy atom. The summed E-state index contributed by atoms with van der Waals surface area (Å²) in [6.07, 6.45) is 0.417. The van der Waals surface area contributed by atoms with Crippen LogP contribution in [0.15, 0.2) is 18.2 Å². The highest BCUT2D eigenvalue weighted by Gasteiger charge is 2.45. The van der Waals surface area contributed by atoms with E-state index >= 15 is 0 Å². The van der Waals surface area contributed by atoms with Gasteiger partial charge in [-0.05, 0) is 43.5 Å². The molecule has 11 heteroatoms. The number of benzene rings is 1. The third kappa shape index (κ3) is 4.30. The van der Waals surface area contributed by atoms with Crippen molar-refractivity contribution in [1.29, 1.82) is 0 Å². The van der Waals surface area contributed by atoms with Gasteiger partial charge < -0.3 is 22.1 Å². The van der Waals surface area contributed by atoms with Crippen molar-refractivity contribution in [2.75, 3.05) is 10.6 Å². The molecule has 0 unspecified atom stereocenters. The monoisotopic (exact) mass is 395 g/mol. The fourth-order valence-electron chi connectivity index (χ4n) is 3.11. The van der Waals surface area contributed by atoms with Gasteiger partial charge in [-0.3, -0.25) is 4.79 Å². The van der Waals surface area contributed by atoms with E-state index in [9.17, 15) is 18.0 Å². The number of alkyl halides is 2. The summed E-state index contributed by atoms with van der Waals surface area (Å²) < 4.78 is 41.3. The molecule has 1 aromatic heterocycles. The van der Waals surface area contributed by atoms with E-state index in [-0.39, 0.29) is 23.9 Å². The van der Waals surface area contributed by atoms with Crippen LogP contribution in [0.1, 0.15) is 35.3 Å². The van der Waals surface area contributed by atoms with Crippen LogP contribution < -0.4 is 22.1 Å². The molecule has 1 saturated carbocycles. The van der Waals surface area contributed by atoms with Crippen LogP contribution in [-0.2, 0) is 0 Å². The molecule has 6 N–H and O–H groups in total. The third-order valence-electron chi connectivity index (χ3n) is 4.49. The van der Waals surface area contributed by atoms with Crippen LogP contribution in [0.4, 0.5) is 30.6 Å². The number of rotatable bonds is 5. The first-order valence-electron chi connectivity index (χ1n) is 8.64. The zero-order chi connectivity index (χ0) is 20.5. The van der Waals surface area contributed by atoms with Crippen LogP contribution in [0.2, 0.25) is 0 Å². The number of halogens is 3. The Kier molecular flexibility index (Phi) is 5.36. The number of primary amides is 1. The number of carbonyl (C=O) groups excluding carboxylic acids is 1. The topological polar surface area (TPSA) is 132 Å². The molecule has 28 heavy (non-hydrogen) atoms. The van der Waals surface area contributed by atoms with E-state index in [1.807, 2.05) is 0 Å². The molecule has 1 amide bonds. The number of amides is 1. The predicted octanol–water partition coefficient (Wildman–Crippen LogP) is 2.09. The molecule has 0 bridgehead atoms. The minimum Gasteiger partial charge on any atom is -0.364 e. The van der Waals surface area contributed by atoms with E-state index in [1.54, 1.807) is 13.0 Å². The van der Waals surface area contributed by atoms with Crippen molar-refractivity contribution in [1.82, 2.24) is 15.2 Å². The molecular formula is C17H20F3N7O. The number of aromatic nitrogens is 3. The van der Waals surface area contributed by atoms with E-state index in [0.29, 0.717) is 24.1 Å². The molecule has 150 valence electrons.